The van der Waals surface area contributed by atoms with Crippen LogP contribution in [0, 0.1) is 0 Å². The number of allylic oxidation sites excluding steroid dienone is 1. The van der Waals surface area contributed by atoms with Gasteiger partial charge in [0.05, 0.1) is 26.4 Å². The van der Waals surface area contributed by atoms with E-state index < -0.39 is 0 Å². The number of unbranched alkanes of at least 4 members (excludes halogenated alkanes) is 4. The third-order valence-electron chi connectivity index (χ3n) is 6.59. The van der Waals surface area contributed by atoms with Gasteiger partial charge < -0.3 is 18.9 Å². The molecule has 1 aliphatic heterocycles. The minimum atomic E-state index is -0.277. The summed E-state index contributed by atoms with van der Waals surface area (Å²) in [7, 11) is 0. The van der Waals surface area contributed by atoms with Gasteiger partial charge in [0.25, 0.3) is 0 Å². The summed E-state index contributed by atoms with van der Waals surface area (Å²) in [6, 6.07) is 30.8. The zero-order valence-electron chi connectivity index (χ0n) is 22.0. The van der Waals surface area contributed by atoms with Gasteiger partial charge >= 0.3 is 0 Å². The van der Waals surface area contributed by atoms with Crippen LogP contribution < -0.4 is 0 Å². The summed E-state index contributed by atoms with van der Waals surface area (Å²) in [4.78, 5) is 0. The van der Waals surface area contributed by atoms with Gasteiger partial charge in [-0.2, -0.15) is 0 Å². The first-order chi connectivity index (χ1) is 18.3. The van der Waals surface area contributed by atoms with Crippen molar-refractivity contribution in [2.75, 3.05) is 6.61 Å². The molecule has 1 aliphatic rings. The molecule has 4 nitrogen and oxygen atoms in total. The molecule has 2 unspecified atom stereocenters. The Morgan fingerprint density at radius 2 is 1.24 bits per heavy atom. The predicted molar refractivity (Wildman–Crippen MR) is 148 cm³/mol. The molecule has 3 aromatic rings. The maximum Gasteiger partial charge on any atom is 0.151 e. The molecule has 1 fully saturated rings. The van der Waals surface area contributed by atoms with E-state index in [2.05, 4.69) is 49.4 Å². The second kappa shape index (κ2) is 15.4. The highest BCUT2D eigenvalue weighted by atomic mass is 16.6. The van der Waals surface area contributed by atoms with Gasteiger partial charge in [-0.1, -0.05) is 117 Å². The average Bonchev–Trinajstić information content (AvgIpc) is 3.28. The third-order valence-corrected chi connectivity index (χ3v) is 6.59. The predicted octanol–water partition coefficient (Wildman–Crippen LogP) is 7.63. The molecule has 37 heavy (non-hydrogen) atoms. The molecule has 0 N–H and O–H groups in total. The number of benzene rings is 3. The topological polar surface area (TPSA) is 36.9 Å². The van der Waals surface area contributed by atoms with E-state index in [1.165, 1.54) is 19.3 Å². The molecular formula is C33H40O4. The van der Waals surface area contributed by atoms with Crippen molar-refractivity contribution < 1.29 is 18.9 Å². The smallest absolute Gasteiger partial charge is 0.151 e. The summed E-state index contributed by atoms with van der Waals surface area (Å²) in [5, 5.41) is 0. The Labute approximate surface area is 222 Å². The van der Waals surface area contributed by atoms with Crippen LogP contribution in [0.2, 0.25) is 0 Å². The first-order valence-corrected chi connectivity index (χ1v) is 13.6. The van der Waals surface area contributed by atoms with Gasteiger partial charge in [0.2, 0.25) is 0 Å². The van der Waals surface area contributed by atoms with Crippen LogP contribution >= 0.6 is 0 Å². The quantitative estimate of drug-likeness (QED) is 0.201. The molecule has 3 aromatic carbocycles. The average molecular weight is 501 g/mol. The summed E-state index contributed by atoms with van der Waals surface area (Å²) in [6.45, 7) is 4.22. The SMILES string of the molecule is CCCCCC/C=C1/O[C@H](COCc2ccccc2)C(OCc2ccccc2)C1OCc1ccccc1. The van der Waals surface area contributed by atoms with E-state index in [9.17, 15) is 0 Å². The molecule has 0 spiro atoms. The minimum Gasteiger partial charge on any atom is -0.487 e. The fourth-order valence-corrected chi connectivity index (χ4v) is 4.54. The van der Waals surface area contributed by atoms with Crippen molar-refractivity contribution in [2.24, 2.45) is 0 Å². The molecule has 0 aliphatic carbocycles. The monoisotopic (exact) mass is 500 g/mol. The Balaban J connectivity index is 1.47. The van der Waals surface area contributed by atoms with E-state index in [1.54, 1.807) is 0 Å². The van der Waals surface area contributed by atoms with Crippen molar-refractivity contribution in [3.05, 3.63) is 120 Å². The molecule has 0 saturated carbocycles. The van der Waals surface area contributed by atoms with E-state index in [-0.39, 0.29) is 18.3 Å². The maximum absolute atomic E-state index is 6.51. The summed E-state index contributed by atoms with van der Waals surface area (Å²) in [5.74, 6) is 0.874. The van der Waals surface area contributed by atoms with Crippen LogP contribution in [-0.2, 0) is 38.8 Å². The summed E-state index contributed by atoms with van der Waals surface area (Å²) in [6.07, 6.45) is 7.27. The minimum absolute atomic E-state index is 0.241. The normalized spacial score (nSPS) is 20.2. The van der Waals surface area contributed by atoms with E-state index in [1.807, 2.05) is 54.6 Å². The fourth-order valence-electron chi connectivity index (χ4n) is 4.54. The van der Waals surface area contributed by atoms with Crippen molar-refractivity contribution >= 4 is 0 Å². The standard InChI is InChI=1S/C33H40O4/c1-2-3-4-5-15-22-30-32(35-24-28-18-11-7-12-19-28)33(36-25-29-20-13-8-14-21-29)31(37-30)26-34-23-27-16-9-6-10-17-27/h6-14,16-22,31-33H,2-5,15,23-26H2,1H3/b30-22+/t31-,32?,33?/m1/s1. The fraction of sp³-hybridized carbons (Fsp3) is 0.394. The molecule has 196 valence electrons. The molecule has 0 aromatic heterocycles. The highest BCUT2D eigenvalue weighted by Gasteiger charge is 2.43. The van der Waals surface area contributed by atoms with Gasteiger partial charge in [0.1, 0.15) is 18.0 Å². The van der Waals surface area contributed by atoms with Gasteiger partial charge in [-0.05, 0) is 35.6 Å². The third kappa shape index (κ3) is 8.85. The lowest BCUT2D eigenvalue weighted by Gasteiger charge is -2.23. The number of rotatable bonds is 15. The van der Waals surface area contributed by atoms with Crippen molar-refractivity contribution in [1.82, 2.24) is 0 Å². The van der Waals surface area contributed by atoms with Gasteiger partial charge in [-0.3, -0.25) is 0 Å². The zero-order valence-corrected chi connectivity index (χ0v) is 22.0. The van der Waals surface area contributed by atoms with Crippen LogP contribution in [0.4, 0.5) is 0 Å². The highest BCUT2D eigenvalue weighted by Crippen LogP contribution is 2.32. The summed E-state index contributed by atoms with van der Waals surface area (Å²) in [5.41, 5.74) is 3.41. The molecule has 0 radical (unpaired) electrons. The van der Waals surface area contributed by atoms with Crippen molar-refractivity contribution in [3.8, 4) is 0 Å². The second-order valence-corrected chi connectivity index (χ2v) is 9.59. The molecule has 0 amide bonds. The van der Waals surface area contributed by atoms with Crippen LogP contribution in [0.15, 0.2) is 103 Å². The van der Waals surface area contributed by atoms with Gasteiger partial charge in [0, 0.05) is 0 Å². The second-order valence-electron chi connectivity index (χ2n) is 9.59. The van der Waals surface area contributed by atoms with Gasteiger partial charge in [-0.25, -0.2) is 0 Å². The Morgan fingerprint density at radius 1 is 0.676 bits per heavy atom. The Hall–Kier alpha value is -2.92. The maximum atomic E-state index is 6.51. The molecule has 1 heterocycles. The molecule has 4 heteroatoms. The van der Waals surface area contributed by atoms with Crippen LogP contribution in [0.1, 0.15) is 55.7 Å². The van der Waals surface area contributed by atoms with Crippen LogP contribution in [0.5, 0.6) is 0 Å². The van der Waals surface area contributed by atoms with Crippen LogP contribution in [0.3, 0.4) is 0 Å². The van der Waals surface area contributed by atoms with E-state index in [0.717, 1.165) is 35.3 Å². The first-order valence-electron chi connectivity index (χ1n) is 13.6. The molecule has 3 atom stereocenters. The summed E-state index contributed by atoms with van der Waals surface area (Å²) >= 11 is 0. The molecular weight excluding hydrogens is 460 g/mol. The van der Waals surface area contributed by atoms with Crippen molar-refractivity contribution in [3.63, 3.8) is 0 Å². The van der Waals surface area contributed by atoms with E-state index >= 15 is 0 Å². The molecule has 0 bridgehead atoms. The van der Waals surface area contributed by atoms with Crippen LogP contribution in [-0.4, -0.2) is 24.9 Å². The lowest BCUT2D eigenvalue weighted by Crippen LogP contribution is -2.37. The lowest BCUT2D eigenvalue weighted by atomic mass is 10.1. The Morgan fingerprint density at radius 3 is 1.84 bits per heavy atom. The van der Waals surface area contributed by atoms with Crippen molar-refractivity contribution in [1.29, 1.82) is 0 Å². The Bertz CT molecular complexity index is 1040. The summed E-state index contributed by atoms with van der Waals surface area (Å²) < 4.78 is 25.6. The van der Waals surface area contributed by atoms with E-state index in [0.29, 0.717) is 26.4 Å². The zero-order chi connectivity index (χ0) is 25.5. The molecule has 1 saturated heterocycles. The number of ether oxygens (including phenoxy) is 4. The number of hydrogen-bond donors (Lipinski definition) is 0. The number of hydrogen-bond acceptors (Lipinski definition) is 4. The largest absolute Gasteiger partial charge is 0.487 e. The van der Waals surface area contributed by atoms with Crippen LogP contribution in [0.25, 0.3) is 0 Å². The van der Waals surface area contributed by atoms with E-state index in [4.69, 9.17) is 18.9 Å². The Kier molecular flexibility index (Phi) is 11.3. The van der Waals surface area contributed by atoms with Gasteiger partial charge in [0.15, 0.2) is 6.10 Å². The van der Waals surface area contributed by atoms with Crippen molar-refractivity contribution in [2.45, 2.75) is 77.2 Å². The highest BCUT2D eigenvalue weighted by molar-refractivity contribution is 5.17. The lowest BCUT2D eigenvalue weighted by molar-refractivity contribution is -0.0894. The molecule has 4 rings (SSSR count). The first kappa shape index (κ1) is 27.1. The van der Waals surface area contributed by atoms with Gasteiger partial charge in [-0.15, -0.1) is 0 Å².